The number of benzene rings is 2. The van der Waals surface area contributed by atoms with Gasteiger partial charge in [0.25, 0.3) is 0 Å². The van der Waals surface area contributed by atoms with Crippen molar-refractivity contribution >= 4 is 17.5 Å². The van der Waals surface area contributed by atoms with E-state index in [0.29, 0.717) is 0 Å². The number of rotatable bonds is 3. The molecule has 0 aliphatic heterocycles. The molecule has 25 heavy (non-hydrogen) atoms. The summed E-state index contributed by atoms with van der Waals surface area (Å²) >= 11 is 0. The number of para-hydroxylation sites is 1. The molecule has 0 aromatic heterocycles. The van der Waals surface area contributed by atoms with Crippen molar-refractivity contribution in [3.05, 3.63) is 92.3 Å². The summed E-state index contributed by atoms with van der Waals surface area (Å²) < 4.78 is 22.5. The number of aliphatic imine (C=N–C) groups is 1. The van der Waals surface area contributed by atoms with E-state index in [4.69, 9.17) is 14.0 Å². The molecule has 4 nitrogen and oxygen atoms in total. The molecule has 0 bridgehead atoms. The standard InChI is InChI=1S/C16H15N.3CO.2Fe/c1-14(17-16-10-6-3-7-11-16)12-13-15-8-4-2-5-9-15;3*1-2;;/h2-13H,1H3;;;;;/b13-12+,17-14?;;;;;. The molecule has 0 spiro atoms. The van der Waals surface area contributed by atoms with E-state index in [1.807, 2.05) is 61.5 Å². The normalized spacial score (nSPS) is 8.36. The Labute approximate surface area is 169 Å². The first kappa shape index (κ1) is 30.9. The molecule has 0 aliphatic rings. The molecule has 0 heterocycles. The van der Waals surface area contributed by atoms with E-state index < -0.39 is 0 Å². The topological polar surface area (TPSA) is 72.1 Å². The Bertz CT molecular complexity index is 634. The summed E-state index contributed by atoms with van der Waals surface area (Å²) in [5.74, 6) is 0. The van der Waals surface area contributed by atoms with Crippen molar-refractivity contribution in [2.24, 2.45) is 4.99 Å². The first-order chi connectivity index (χ1) is 11.3. The Balaban J connectivity index is -0.000000250. The van der Waals surface area contributed by atoms with Crippen LogP contribution in [0.5, 0.6) is 0 Å². The van der Waals surface area contributed by atoms with Gasteiger partial charge in [-0.05, 0) is 30.7 Å². The zero-order chi connectivity index (χ0) is 17.9. The average molecular weight is 417 g/mol. The third kappa shape index (κ3) is 16.7. The molecule has 6 heteroatoms. The molecule has 2 aromatic rings. The average Bonchev–Trinajstić information content (AvgIpc) is 2.67. The quantitative estimate of drug-likeness (QED) is 0.308. The number of hydrogen-bond acceptors (Lipinski definition) is 1. The Morgan fingerprint density at radius 1 is 0.760 bits per heavy atom. The van der Waals surface area contributed by atoms with E-state index in [1.54, 1.807) is 0 Å². The maximum atomic E-state index is 7.50. The van der Waals surface area contributed by atoms with E-state index in [-0.39, 0.29) is 34.1 Å². The minimum absolute atomic E-state index is 0. The smallest absolute Gasteiger partial charge is 0 e. The summed E-state index contributed by atoms with van der Waals surface area (Å²) in [4.78, 5) is 4.50. The van der Waals surface area contributed by atoms with E-state index >= 15 is 0 Å². The first-order valence-electron chi connectivity index (χ1n) is 6.29. The third-order valence-corrected chi connectivity index (χ3v) is 2.38. The summed E-state index contributed by atoms with van der Waals surface area (Å²) in [7, 11) is 0. The van der Waals surface area contributed by atoms with Gasteiger partial charge in [-0.1, -0.05) is 54.6 Å². The van der Waals surface area contributed by atoms with E-state index in [2.05, 4.69) is 43.2 Å². The van der Waals surface area contributed by atoms with Crippen LogP contribution in [0.2, 0.25) is 0 Å². The van der Waals surface area contributed by atoms with Crippen LogP contribution in [0.1, 0.15) is 12.5 Å². The largest absolute Gasteiger partial charge is 0 e. The van der Waals surface area contributed by atoms with Gasteiger partial charge in [-0.3, -0.25) is 4.99 Å². The molecule has 130 valence electrons. The SMILES string of the molecule is CC(/C=C/c1ccccc1)=Nc1ccccc1.[C-]#[O+].[C-]#[O+].[C-]#[O+].[Fe].[Fe]. The van der Waals surface area contributed by atoms with Crippen LogP contribution in [-0.2, 0) is 48.1 Å². The van der Waals surface area contributed by atoms with Gasteiger partial charge in [0.15, 0.2) is 0 Å². The van der Waals surface area contributed by atoms with Crippen molar-refractivity contribution in [1.29, 1.82) is 0 Å². The second kappa shape index (κ2) is 24.4. The fraction of sp³-hybridized carbons (Fsp3) is 0.0526. The Morgan fingerprint density at radius 2 is 1.16 bits per heavy atom. The molecule has 0 saturated carbocycles. The second-order valence-electron chi connectivity index (χ2n) is 3.83. The maximum Gasteiger partial charge on any atom is 0 e. The van der Waals surface area contributed by atoms with Crippen molar-refractivity contribution < 1.29 is 48.1 Å². The Hall–Kier alpha value is -1.89. The van der Waals surface area contributed by atoms with Gasteiger partial charge in [0.1, 0.15) is 0 Å². The van der Waals surface area contributed by atoms with Crippen LogP contribution >= 0.6 is 0 Å². The van der Waals surface area contributed by atoms with Gasteiger partial charge in [0, 0.05) is 39.8 Å². The van der Waals surface area contributed by atoms with Crippen molar-refractivity contribution in [3.63, 3.8) is 0 Å². The number of allylic oxidation sites excluding steroid dienone is 1. The van der Waals surface area contributed by atoms with Gasteiger partial charge < -0.3 is 0 Å². The van der Waals surface area contributed by atoms with Crippen LogP contribution in [0, 0.1) is 20.0 Å². The van der Waals surface area contributed by atoms with E-state index in [1.165, 1.54) is 5.56 Å². The molecule has 0 aliphatic carbocycles. The predicted molar refractivity (Wildman–Crippen MR) is 86.5 cm³/mol. The molecular formula is C19H15Fe2NO3. The maximum absolute atomic E-state index is 7.50. The Kier molecular flexibility index (Phi) is 30.1. The van der Waals surface area contributed by atoms with Gasteiger partial charge in [-0.15, -0.1) is 0 Å². The minimum Gasteiger partial charge on any atom is 0 e. The van der Waals surface area contributed by atoms with E-state index in [0.717, 1.165) is 11.4 Å². The van der Waals surface area contributed by atoms with Gasteiger partial charge >= 0.3 is 33.9 Å². The van der Waals surface area contributed by atoms with Gasteiger partial charge in [0.2, 0.25) is 0 Å². The molecule has 2 rings (SSSR count). The minimum atomic E-state index is 0. The summed E-state index contributed by atoms with van der Waals surface area (Å²) in [5, 5.41) is 0. The van der Waals surface area contributed by atoms with E-state index in [9.17, 15) is 0 Å². The van der Waals surface area contributed by atoms with Crippen LogP contribution in [-0.4, -0.2) is 5.71 Å². The van der Waals surface area contributed by atoms with Crippen LogP contribution in [0.3, 0.4) is 0 Å². The van der Waals surface area contributed by atoms with Gasteiger partial charge in [-0.25, -0.2) is 0 Å². The van der Waals surface area contributed by atoms with Crippen LogP contribution < -0.4 is 0 Å². The summed E-state index contributed by atoms with van der Waals surface area (Å²) in [6.07, 6.45) is 4.10. The zero-order valence-electron chi connectivity index (χ0n) is 13.3. The summed E-state index contributed by atoms with van der Waals surface area (Å²) in [6, 6.07) is 20.2. The molecule has 0 atom stereocenters. The molecule has 0 fully saturated rings. The molecule has 0 amide bonds. The van der Waals surface area contributed by atoms with Gasteiger partial charge in [-0.2, -0.15) is 0 Å². The molecule has 0 unspecified atom stereocenters. The van der Waals surface area contributed by atoms with Crippen LogP contribution in [0.4, 0.5) is 5.69 Å². The molecule has 0 N–H and O–H groups in total. The fourth-order valence-corrected chi connectivity index (χ4v) is 1.52. The Morgan fingerprint density at radius 3 is 1.60 bits per heavy atom. The number of nitrogens with zero attached hydrogens (tertiary/aromatic N) is 1. The zero-order valence-corrected chi connectivity index (χ0v) is 15.5. The monoisotopic (exact) mass is 417 g/mol. The number of hydrogen-bond donors (Lipinski definition) is 0. The fourth-order valence-electron chi connectivity index (χ4n) is 1.52. The van der Waals surface area contributed by atoms with Crippen molar-refractivity contribution in [3.8, 4) is 0 Å². The van der Waals surface area contributed by atoms with Crippen molar-refractivity contribution in [2.45, 2.75) is 6.92 Å². The molecule has 0 saturated heterocycles. The first-order valence-corrected chi connectivity index (χ1v) is 6.29. The molecular weight excluding hydrogens is 402 g/mol. The van der Waals surface area contributed by atoms with Crippen molar-refractivity contribution in [1.82, 2.24) is 0 Å². The predicted octanol–water partition coefficient (Wildman–Crippen LogP) is 4.37. The molecule has 0 radical (unpaired) electrons. The molecule has 2 aromatic carbocycles. The van der Waals surface area contributed by atoms with Crippen LogP contribution in [0.25, 0.3) is 6.08 Å². The summed E-state index contributed by atoms with van der Waals surface area (Å²) in [6.45, 7) is 15.5. The second-order valence-corrected chi connectivity index (χ2v) is 3.83. The van der Waals surface area contributed by atoms with Crippen molar-refractivity contribution in [2.75, 3.05) is 0 Å². The summed E-state index contributed by atoms with van der Waals surface area (Å²) in [5.41, 5.74) is 3.18. The van der Waals surface area contributed by atoms with Gasteiger partial charge in [0.05, 0.1) is 5.69 Å². The third-order valence-electron chi connectivity index (χ3n) is 2.38. The van der Waals surface area contributed by atoms with Crippen LogP contribution in [0.15, 0.2) is 71.7 Å².